The number of carbonyl (C=O) groups excluding carboxylic acids is 2. The number of pyridine rings is 1. The van der Waals surface area contributed by atoms with E-state index in [9.17, 15) is 22.8 Å². The molecule has 7 nitrogen and oxygen atoms in total. The summed E-state index contributed by atoms with van der Waals surface area (Å²) in [4.78, 5) is 30.7. The maximum absolute atomic E-state index is 13.3. The SMILES string of the molecule is CN1C(=N)N[C@](CCC2CCCCC2)(C[C@H]2CCCC(NC(=O)c3ccc(C(F)(F)F)nc3)C2)C1=O. The second kappa shape index (κ2) is 10.8. The molecular formula is C26H36F3N5O2. The van der Waals surface area contributed by atoms with E-state index in [0.29, 0.717) is 25.2 Å². The number of guanidine groups is 1. The van der Waals surface area contributed by atoms with Crippen LogP contribution >= 0.6 is 0 Å². The van der Waals surface area contributed by atoms with Crippen LogP contribution in [0.25, 0.3) is 0 Å². The number of likely N-dealkylation sites (N-methyl/N-ethyl adjacent to an activating group) is 1. The average Bonchev–Trinajstić information content (AvgIpc) is 3.06. The molecule has 10 heteroatoms. The largest absolute Gasteiger partial charge is 0.433 e. The molecule has 0 spiro atoms. The fourth-order valence-electron chi connectivity index (χ4n) is 6.19. The molecule has 2 saturated carbocycles. The first-order valence-electron chi connectivity index (χ1n) is 13.1. The number of carbonyl (C=O) groups is 2. The summed E-state index contributed by atoms with van der Waals surface area (Å²) >= 11 is 0. The zero-order valence-corrected chi connectivity index (χ0v) is 20.8. The summed E-state index contributed by atoms with van der Waals surface area (Å²) in [5.41, 5.74) is -1.71. The highest BCUT2D eigenvalue weighted by Gasteiger charge is 2.49. The lowest BCUT2D eigenvalue weighted by Crippen LogP contribution is -2.50. The summed E-state index contributed by atoms with van der Waals surface area (Å²) in [5.74, 6) is 0.466. The van der Waals surface area contributed by atoms with Crippen LogP contribution < -0.4 is 10.6 Å². The molecule has 1 aromatic rings. The van der Waals surface area contributed by atoms with Crippen molar-refractivity contribution in [2.45, 2.75) is 94.8 Å². The quantitative estimate of drug-likeness (QED) is 0.490. The minimum atomic E-state index is -4.55. The number of nitrogens with one attached hydrogen (secondary N) is 3. The zero-order chi connectivity index (χ0) is 25.9. The number of alkyl halides is 3. The Morgan fingerprint density at radius 2 is 1.89 bits per heavy atom. The Morgan fingerprint density at radius 1 is 1.17 bits per heavy atom. The maximum Gasteiger partial charge on any atom is 0.433 e. The predicted molar refractivity (Wildman–Crippen MR) is 129 cm³/mol. The van der Waals surface area contributed by atoms with E-state index in [1.807, 2.05) is 0 Å². The lowest BCUT2D eigenvalue weighted by Gasteiger charge is -2.36. The third-order valence-corrected chi connectivity index (χ3v) is 8.18. The van der Waals surface area contributed by atoms with Crippen molar-refractivity contribution < 1.29 is 22.8 Å². The molecule has 2 heterocycles. The Balaban J connectivity index is 1.38. The van der Waals surface area contributed by atoms with Crippen LogP contribution in [0.3, 0.4) is 0 Å². The molecule has 1 aromatic heterocycles. The van der Waals surface area contributed by atoms with Crippen molar-refractivity contribution in [3.8, 4) is 0 Å². The van der Waals surface area contributed by atoms with Gasteiger partial charge in [0, 0.05) is 19.3 Å². The number of amides is 2. The number of hydrogen-bond acceptors (Lipinski definition) is 4. The lowest BCUT2D eigenvalue weighted by atomic mass is 9.74. The van der Waals surface area contributed by atoms with E-state index in [2.05, 4.69) is 15.6 Å². The summed E-state index contributed by atoms with van der Waals surface area (Å²) in [6.07, 6.45) is 8.16. The minimum absolute atomic E-state index is 0.0507. The summed E-state index contributed by atoms with van der Waals surface area (Å²) in [6, 6.07) is 1.84. The molecule has 198 valence electrons. The molecule has 36 heavy (non-hydrogen) atoms. The molecule has 3 N–H and O–H groups in total. The van der Waals surface area contributed by atoms with Gasteiger partial charge < -0.3 is 10.6 Å². The van der Waals surface area contributed by atoms with E-state index >= 15 is 0 Å². The molecule has 3 atom stereocenters. The Labute approximate surface area is 210 Å². The van der Waals surface area contributed by atoms with Gasteiger partial charge in [0.15, 0.2) is 5.96 Å². The molecule has 3 aliphatic rings. The summed E-state index contributed by atoms with van der Waals surface area (Å²) in [7, 11) is 1.64. The standard InChI is InChI=1S/C26H36F3N5O2/c1-34-23(36)25(33-24(34)30,13-12-17-6-3-2-4-7-17)15-18-8-5-9-20(14-18)32-22(35)19-10-11-21(31-16-19)26(27,28)29/h10-11,16-18,20H,2-9,12-15H2,1H3,(H2,30,33)(H,32,35)/t18-,20?,25+/m0/s1. The highest BCUT2D eigenvalue weighted by atomic mass is 19.4. The first-order chi connectivity index (χ1) is 17.1. The summed E-state index contributed by atoms with van der Waals surface area (Å²) < 4.78 is 38.3. The third-order valence-electron chi connectivity index (χ3n) is 8.18. The van der Waals surface area contributed by atoms with Crippen molar-refractivity contribution in [1.29, 1.82) is 5.41 Å². The van der Waals surface area contributed by atoms with Crippen LogP contribution in [0.15, 0.2) is 18.3 Å². The van der Waals surface area contributed by atoms with Crippen molar-refractivity contribution >= 4 is 17.8 Å². The van der Waals surface area contributed by atoms with Gasteiger partial charge in [0.05, 0.1) is 5.56 Å². The number of nitrogens with zero attached hydrogens (tertiary/aromatic N) is 2. The van der Waals surface area contributed by atoms with E-state index in [-0.39, 0.29) is 29.4 Å². The van der Waals surface area contributed by atoms with Crippen LogP contribution in [-0.4, -0.2) is 46.3 Å². The van der Waals surface area contributed by atoms with Crippen LogP contribution in [0.1, 0.15) is 93.1 Å². The molecule has 1 unspecified atom stereocenters. The van der Waals surface area contributed by atoms with Gasteiger partial charge in [-0.2, -0.15) is 13.2 Å². The summed E-state index contributed by atoms with van der Waals surface area (Å²) in [6.45, 7) is 0. The molecule has 2 aliphatic carbocycles. The van der Waals surface area contributed by atoms with E-state index in [0.717, 1.165) is 44.0 Å². The van der Waals surface area contributed by atoms with Gasteiger partial charge in [-0.05, 0) is 56.1 Å². The molecule has 2 amide bonds. The maximum atomic E-state index is 13.3. The molecule has 1 saturated heterocycles. The van der Waals surface area contributed by atoms with Gasteiger partial charge >= 0.3 is 6.18 Å². The molecule has 4 rings (SSSR count). The van der Waals surface area contributed by atoms with E-state index < -0.39 is 23.3 Å². The van der Waals surface area contributed by atoms with Crippen LogP contribution in [-0.2, 0) is 11.0 Å². The van der Waals surface area contributed by atoms with Crippen molar-refractivity contribution in [2.75, 3.05) is 7.05 Å². The Hall–Kier alpha value is -2.65. The highest BCUT2D eigenvalue weighted by Crippen LogP contribution is 2.38. The Kier molecular flexibility index (Phi) is 7.90. The van der Waals surface area contributed by atoms with Crippen LogP contribution in [0.5, 0.6) is 0 Å². The molecule has 0 aromatic carbocycles. The minimum Gasteiger partial charge on any atom is -0.349 e. The summed E-state index contributed by atoms with van der Waals surface area (Å²) in [5, 5.41) is 14.4. The smallest absolute Gasteiger partial charge is 0.349 e. The first kappa shape index (κ1) is 26.4. The van der Waals surface area contributed by atoms with E-state index in [1.165, 1.54) is 37.0 Å². The Morgan fingerprint density at radius 3 is 2.50 bits per heavy atom. The predicted octanol–water partition coefficient (Wildman–Crippen LogP) is 4.87. The van der Waals surface area contributed by atoms with Crippen LogP contribution in [0.4, 0.5) is 13.2 Å². The first-order valence-corrected chi connectivity index (χ1v) is 13.1. The van der Waals surface area contributed by atoms with Gasteiger partial charge in [-0.15, -0.1) is 0 Å². The van der Waals surface area contributed by atoms with Gasteiger partial charge in [0.1, 0.15) is 11.2 Å². The monoisotopic (exact) mass is 507 g/mol. The number of aromatic nitrogens is 1. The topological polar surface area (TPSA) is 98.2 Å². The van der Waals surface area contributed by atoms with Crippen molar-refractivity contribution in [3.05, 3.63) is 29.6 Å². The van der Waals surface area contributed by atoms with Gasteiger partial charge in [-0.25, -0.2) is 0 Å². The fourth-order valence-corrected chi connectivity index (χ4v) is 6.19. The van der Waals surface area contributed by atoms with Crippen molar-refractivity contribution in [1.82, 2.24) is 20.5 Å². The van der Waals surface area contributed by atoms with Gasteiger partial charge in [-0.3, -0.25) is 24.9 Å². The van der Waals surface area contributed by atoms with Crippen molar-refractivity contribution in [3.63, 3.8) is 0 Å². The van der Waals surface area contributed by atoms with Gasteiger partial charge in [0.25, 0.3) is 11.8 Å². The van der Waals surface area contributed by atoms with Crippen LogP contribution in [0, 0.1) is 17.2 Å². The molecule has 0 bridgehead atoms. The lowest BCUT2D eigenvalue weighted by molar-refractivity contribution is -0.141. The number of rotatable bonds is 7. The molecule has 1 aliphatic heterocycles. The highest BCUT2D eigenvalue weighted by molar-refractivity contribution is 6.07. The Bertz CT molecular complexity index is 961. The zero-order valence-electron chi connectivity index (χ0n) is 20.8. The average molecular weight is 508 g/mol. The molecular weight excluding hydrogens is 471 g/mol. The van der Waals surface area contributed by atoms with Crippen LogP contribution in [0.2, 0.25) is 0 Å². The van der Waals surface area contributed by atoms with E-state index in [1.54, 1.807) is 7.05 Å². The second-order valence-electron chi connectivity index (χ2n) is 10.8. The van der Waals surface area contributed by atoms with Gasteiger partial charge in [-0.1, -0.05) is 44.9 Å². The van der Waals surface area contributed by atoms with Crippen molar-refractivity contribution in [2.24, 2.45) is 11.8 Å². The third kappa shape index (κ3) is 6.00. The van der Waals surface area contributed by atoms with Gasteiger partial charge in [0.2, 0.25) is 0 Å². The normalized spacial score (nSPS) is 27.7. The number of halogens is 3. The number of hydrogen-bond donors (Lipinski definition) is 3. The fraction of sp³-hybridized carbons (Fsp3) is 0.692. The molecule has 0 radical (unpaired) electrons. The molecule has 3 fully saturated rings. The second-order valence-corrected chi connectivity index (χ2v) is 10.8. The van der Waals surface area contributed by atoms with E-state index in [4.69, 9.17) is 5.41 Å².